The van der Waals surface area contributed by atoms with Crippen LogP contribution < -0.4 is 4.74 Å². The van der Waals surface area contributed by atoms with Crippen LogP contribution in [0.4, 0.5) is 0 Å². The molecule has 3 rings (SSSR count). The smallest absolute Gasteiger partial charge is 0.259 e. The van der Waals surface area contributed by atoms with Gasteiger partial charge >= 0.3 is 0 Å². The van der Waals surface area contributed by atoms with Gasteiger partial charge in [-0.15, -0.1) is 15.0 Å². The van der Waals surface area contributed by atoms with E-state index in [1.165, 1.54) is 23.0 Å². The number of aromatic nitrogens is 3. The van der Waals surface area contributed by atoms with Gasteiger partial charge in [0.25, 0.3) is 5.24 Å². The average Bonchev–Trinajstić information content (AvgIpc) is 2.90. The van der Waals surface area contributed by atoms with Crippen molar-refractivity contribution < 1.29 is 14.6 Å². The second kappa shape index (κ2) is 5.41. The molecule has 0 unspecified atom stereocenters. The Balaban J connectivity index is 2.00. The van der Waals surface area contributed by atoms with Crippen LogP contribution in [-0.4, -0.2) is 31.9 Å². The van der Waals surface area contributed by atoms with Crippen LogP contribution in [0.25, 0.3) is 16.7 Å². The minimum absolute atomic E-state index is 0.000133. The van der Waals surface area contributed by atoms with Crippen LogP contribution >= 0.6 is 11.6 Å². The second-order valence-corrected chi connectivity index (χ2v) is 4.69. The molecular formula is C14H10ClN3O3. The monoisotopic (exact) mass is 303 g/mol. The number of aromatic hydroxyl groups is 1. The van der Waals surface area contributed by atoms with Gasteiger partial charge in [0.05, 0.1) is 0 Å². The lowest BCUT2D eigenvalue weighted by Crippen LogP contribution is -2.05. The predicted molar refractivity (Wildman–Crippen MR) is 76.9 cm³/mol. The SMILES string of the molecule is O=C(Cl)COc1ccc(O)c(-n2nc3ccccc3n2)c1. The number of hydrogen-bond donors (Lipinski definition) is 1. The van der Waals surface area contributed by atoms with E-state index >= 15 is 0 Å². The average molecular weight is 304 g/mol. The normalized spacial score (nSPS) is 10.7. The van der Waals surface area contributed by atoms with Crippen LogP contribution in [0.5, 0.6) is 11.5 Å². The molecule has 6 nitrogen and oxygen atoms in total. The summed E-state index contributed by atoms with van der Waals surface area (Å²) in [5, 5.41) is 17.9. The van der Waals surface area contributed by atoms with Crippen molar-refractivity contribution in [2.45, 2.75) is 0 Å². The Morgan fingerprint density at radius 3 is 2.48 bits per heavy atom. The summed E-state index contributed by atoms with van der Waals surface area (Å²) in [6.45, 7) is -0.250. The first-order chi connectivity index (χ1) is 10.1. The summed E-state index contributed by atoms with van der Waals surface area (Å²) in [5.41, 5.74) is 1.77. The van der Waals surface area contributed by atoms with E-state index < -0.39 is 5.24 Å². The van der Waals surface area contributed by atoms with E-state index in [4.69, 9.17) is 16.3 Å². The Morgan fingerprint density at radius 1 is 1.19 bits per heavy atom. The highest BCUT2D eigenvalue weighted by Gasteiger charge is 2.10. The van der Waals surface area contributed by atoms with Gasteiger partial charge in [0.1, 0.15) is 28.2 Å². The van der Waals surface area contributed by atoms with Crippen molar-refractivity contribution in [3.05, 3.63) is 42.5 Å². The molecule has 0 amide bonds. The van der Waals surface area contributed by atoms with Crippen LogP contribution in [0.15, 0.2) is 42.5 Å². The molecule has 7 heteroatoms. The van der Waals surface area contributed by atoms with E-state index in [9.17, 15) is 9.90 Å². The van der Waals surface area contributed by atoms with Crippen molar-refractivity contribution in [2.24, 2.45) is 0 Å². The van der Waals surface area contributed by atoms with Gasteiger partial charge in [-0.1, -0.05) is 12.1 Å². The predicted octanol–water partition coefficient (Wildman–Crippen LogP) is 2.27. The number of carbonyl (C=O) groups excluding carboxylic acids is 1. The number of fused-ring (bicyclic) bond motifs is 1. The summed E-state index contributed by atoms with van der Waals surface area (Å²) >= 11 is 5.23. The number of ether oxygens (including phenoxy) is 1. The largest absolute Gasteiger partial charge is 0.506 e. The number of nitrogens with zero attached hydrogens (tertiary/aromatic N) is 3. The molecule has 0 bridgehead atoms. The van der Waals surface area contributed by atoms with E-state index in [1.807, 2.05) is 24.3 Å². The fourth-order valence-electron chi connectivity index (χ4n) is 1.86. The van der Waals surface area contributed by atoms with Crippen molar-refractivity contribution in [2.75, 3.05) is 6.61 Å². The molecule has 0 spiro atoms. The Morgan fingerprint density at radius 2 is 1.86 bits per heavy atom. The number of halogens is 1. The zero-order valence-corrected chi connectivity index (χ0v) is 11.5. The molecule has 1 aromatic heterocycles. The number of phenolic OH excluding ortho intramolecular Hbond substituents is 1. The number of carbonyl (C=O) groups is 1. The first kappa shape index (κ1) is 13.4. The highest BCUT2D eigenvalue weighted by Crippen LogP contribution is 2.26. The highest BCUT2D eigenvalue weighted by molar-refractivity contribution is 6.63. The third-order valence-electron chi connectivity index (χ3n) is 2.80. The van der Waals surface area contributed by atoms with Crippen molar-refractivity contribution in [3.8, 4) is 17.2 Å². The maximum atomic E-state index is 10.7. The van der Waals surface area contributed by atoms with Crippen LogP contribution in [0.1, 0.15) is 0 Å². The lowest BCUT2D eigenvalue weighted by Gasteiger charge is -2.07. The molecular weight excluding hydrogens is 294 g/mol. The maximum Gasteiger partial charge on any atom is 0.259 e. The van der Waals surface area contributed by atoms with Gasteiger partial charge in [-0.05, 0) is 35.9 Å². The second-order valence-electron chi connectivity index (χ2n) is 4.27. The fourth-order valence-corrected chi connectivity index (χ4v) is 1.92. The molecule has 0 radical (unpaired) electrons. The van der Waals surface area contributed by atoms with Gasteiger partial charge in [0.15, 0.2) is 6.61 Å². The van der Waals surface area contributed by atoms with Gasteiger partial charge in [0, 0.05) is 6.07 Å². The molecule has 0 aliphatic rings. The summed E-state index contributed by atoms with van der Waals surface area (Å²) in [6.07, 6.45) is 0. The topological polar surface area (TPSA) is 77.2 Å². The minimum Gasteiger partial charge on any atom is -0.506 e. The van der Waals surface area contributed by atoms with Crippen LogP contribution in [0.2, 0.25) is 0 Å². The van der Waals surface area contributed by atoms with E-state index in [-0.39, 0.29) is 12.4 Å². The molecule has 1 heterocycles. The van der Waals surface area contributed by atoms with E-state index in [0.29, 0.717) is 22.5 Å². The summed E-state index contributed by atoms with van der Waals surface area (Å²) in [7, 11) is 0. The molecule has 0 fully saturated rings. The van der Waals surface area contributed by atoms with Crippen molar-refractivity contribution >= 4 is 27.9 Å². The third-order valence-corrected chi connectivity index (χ3v) is 2.91. The number of benzene rings is 2. The molecule has 0 aliphatic carbocycles. The summed E-state index contributed by atoms with van der Waals surface area (Å²) in [5.74, 6) is 0.387. The van der Waals surface area contributed by atoms with Gasteiger partial charge in [-0.25, -0.2) is 0 Å². The molecule has 0 atom stereocenters. The molecule has 2 aromatic carbocycles. The molecule has 21 heavy (non-hydrogen) atoms. The lowest BCUT2D eigenvalue weighted by atomic mass is 10.3. The van der Waals surface area contributed by atoms with E-state index in [0.717, 1.165) is 0 Å². The molecule has 0 saturated carbocycles. The molecule has 1 N–H and O–H groups in total. The van der Waals surface area contributed by atoms with E-state index in [2.05, 4.69) is 10.2 Å². The maximum absolute atomic E-state index is 10.7. The van der Waals surface area contributed by atoms with Crippen molar-refractivity contribution in [1.82, 2.24) is 15.0 Å². The first-order valence-electron chi connectivity index (χ1n) is 6.10. The molecule has 106 valence electrons. The third kappa shape index (κ3) is 2.80. The van der Waals surface area contributed by atoms with Gasteiger partial charge in [-0.2, -0.15) is 0 Å². The van der Waals surface area contributed by atoms with Gasteiger partial charge < -0.3 is 9.84 Å². The molecule has 0 saturated heterocycles. The summed E-state index contributed by atoms with van der Waals surface area (Å²) in [4.78, 5) is 12.0. The quantitative estimate of drug-likeness (QED) is 0.748. The molecule has 0 aliphatic heterocycles. The van der Waals surface area contributed by atoms with Crippen molar-refractivity contribution in [1.29, 1.82) is 0 Å². The van der Waals surface area contributed by atoms with Crippen LogP contribution in [0, 0.1) is 0 Å². The summed E-state index contributed by atoms with van der Waals surface area (Å²) in [6, 6.07) is 11.9. The Hall–Kier alpha value is -2.60. The number of rotatable bonds is 4. The number of hydrogen-bond acceptors (Lipinski definition) is 5. The van der Waals surface area contributed by atoms with Crippen molar-refractivity contribution in [3.63, 3.8) is 0 Å². The Bertz CT molecular complexity index is 783. The standard InChI is InChI=1S/C14H10ClN3O3/c15-14(20)8-21-9-5-6-13(19)12(7-9)18-16-10-3-1-2-4-11(10)17-18/h1-7,19H,8H2. The highest BCUT2D eigenvalue weighted by atomic mass is 35.5. The zero-order valence-electron chi connectivity index (χ0n) is 10.7. The van der Waals surface area contributed by atoms with Gasteiger partial charge in [-0.3, -0.25) is 4.79 Å². The number of phenols is 1. The van der Waals surface area contributed by atoms with Crippen LogP contribution in [-0.2, 0) is 4.79 Å². The van der Waals surface area contributed by atoms with Gasteiger partial charge in [0.2, 0.25) is 0 Å². The lowest BCUT2D eigenvalue weighted by molar-refractivity contribution is -0.113. The van der Waals surface area contributed by atoms with Crippen LogP contribution in [0.3, 0.4) is 0 Å². The Labute approximate surface area is 124 Å². The zero-order chi connectivity index (χ0) is 14.8. The first-order valence-corrected chi connectivity index (χ1v) is 6.48. The minimum atomic E-state index is -0.604. The summed E-state index contributed by atoms with van der Waals surface area (Å²) < 4.78 is 5.20. The van der Waals surface area contributed by atoms with E-state index in [1.54, 1.807) is 0 Å². The molecule has 3 aromatic rings. The fraction of sp³-hybridized carbons (Fsp3) is 0.0714. The Kier molecular flexibility index (Phi) is 3.45.